The van der Waals surface area contributed by atoms with Crippen molar-refractivity contribution in [3.63, 3.8) is 0 Å². The fraction of sp³-hybridized carbons (Fsp3) is 0.333. The van der Waals surface area contributed by atoms with Gasteiger partial charge in [-0.1, -0.05) is 63.2 Å². The zero-order valence-corrected chi connectivity index (χ0v) is 23.8. The van der Waals surface area contributed by atoms with Crippen molar-refractivity contribution in [2.75, 3.05) is 11.9 Å². The minimum absolute atomic E-state index is 0.0112. The van der Waals surface area contributed by atoms with E-state index in [-0.39, 0.29) is 22.7 Å². The number of nitriles is 1. The molecule has 42 heavy (non-hydrogen) atoms. The van der Waals surface area contributed by atoms with Crippen LogP contribution in [0.2, 0.25) is 0 Å². The highest BCUT2D eigenvalue weighted by Gasteiger charge is 2.36. The largest absolute Gasteiger partial charge is 0.429 e. The van der Waals surface area contributed by atoms with E-state index in [1.165, 1.54) is 42.7 Å². The number of rotatable bonds is 10. The molecule has 0 spiro atoms. The maximum absolute atomic E-state index is 13.3. The number of nitrogens with one attached hydrogen (secondary N) is 3. The first-order chi connectivity index (χ1) is 19.8. The van der Waals surface area contributed by atoms with Crippen LogP contribution in [0.25, 0.3) is 0 Å². The van der Waals surface area contributed by atoms with Gasteiger partial charge in [-0.3, -0.25) is 4.79 Å². The Labute approximate surface area is 244 Å². The van der Waals surface area contributed by atoms with Crippen LogP contribution in [-0.4, -0.2) is 30.1 Å². The molecule has 0 aromatic heterocycles. The number of anilines is 1. The number of carbonyl (C=O) groups excluding carboxylic acids is 1. The van der Waals surface area contributed by atoms with Crippen molar-refractivity contribution in [2.45, 2.75) is 57.7 Å². The molecule has 3 N–H and O–H groups in total. The minimum atomic E-state index is -4.90. The predicted molar refractivity (Wildman–Crippen MR) is 159 cm³/mol. The summed E-state index contributed by atoms with van der Waals surface area (Å²) in [5.41, 5.74) is 1.87. The molecule has 1 amide bonds. The van der Waals surface area contributed by atoms with Crippen LogP contribution in [0.5, 0.6) is 0 Å². The average Bonchev–Trinajstić information content (AvgIpc) is 3.77. The number of alkyl halides is 3. The summed E-state index contributed by atoms with van der Waals surface area (Å²) in [6.07, 6.45) is -3.55. The number of hydrogen-bond donors (Lipinski definition) is 3. The standard InChI is InChI=1S/C33H34F3N5O/c1-32(2,3)25-14-12-23(13-15-25)30(39-20-21-10-11-21)24-7-5-9-27(17-24)41-31(42)28(18-29(38)33(34,35)36)40-26-8-4-6-22(16-26)19-37/h4-9,12-17,21,30,38-39H,10-11,18,20H2,1-3H3,(H,41,42). The Bertz CT molecular complexity index is 1510. The number of amides is 1. The molecule has 1 atom stereocenters. The zero-order chi connectivity index (χ0) is 30.5. The van der Waals surface area contributed by atoms with Crippen molar-refractivity contribution in [3.05, 3.63) is 95.1 Å². The summed E-state index contributed by atoms with van der Waals surface area (Å²) in [6, 6.07) is 23.3. The molecule has 1 saturated carbocycles. The molecule has 0 bridgehead atoms. The second kappa shape index (κ2) is 12.7. The van der Waals surface area contributed by atoms with Gasteiger partial charge in [0.05, 0.1) is 23.4 Å². The molecular weight excluding hydrogens is 539 g/mol. The summed E-state index contributed by atoms with van der Waals surface area (Å²) >= 11 is 0. The smallest absolute Gasteiger partial charge is 0.321 e. The molecule has 4 rings (SSSR count). The van der Waals surface area contributed by atoms with Crippen LogP contribution in [0, 0.1) is 22.7 Å². The van der Waals surface area contributed by atoms with Gasteiger partial charge in [0.1, 0.15) is 11.4 Å². The maximum atomic E-state index is 13.3. The molecule has 0 heterocycles. The van der Waals surface area contributed by atoms with Gasteiger partial charge in [-0.2, -0.15) is 18.4 Å². The lowest BCUT2D eigenvalue weighted by molar-refractivity contribution is -0.110. The molecule has 1 aliphatic rings. The molecule has 6 nitrogen and oxygen atoms in total. The van der Waals surface area contributed by atoms with Crippen molar-refractivity contribution in [3.8, 4) is 6.07 Å². The summed E-state index contributed by atoms with van der Waals surface area (Å²) in [4.78, 5) is 17.4. The fourth-order valence-corrected chi connectivity index (χ4v) is 4.45. The Balaban J connectivity index is 1.62. The van der Waals surface area contributed by atoms with E-state index in [2.05, 4.69) is 60.7 Å². The molecule has 3 aromatic rings. The molecule has 3 aromatic carbocycles. The van der Waals surface area contributed by atoms with Gasteiger partial charge in [-0.25, -0.2) is 4.99 Å². The lowest BCUT2D eigenvalue weighted by Gasteiger charge is -2.23. The lowest BCUT2D eigenvalue weighted by atomic mass is 9.85. The highest BCUT2D eigenvalue weighted by molar-refractivity contribution is 6.46. The Hall–Kier alpha value is -4.29. The Morgan fingerprint density at radius 1 is 1.02 bits per heavy atom. The molecular formula is C33H34F3N5O. The number of aliphatic imine (C=N–C) groups is 1. The number of nitrogens with zero attached hydrogens (tertiary/aromatic N) is 2. The summed E-state index contributed by atoms with van der Waals surface area (Å²) in [7, 11) is 0. The SMILES string of the molecule is CC(C)(C)c1ccc(C(NCC2CC2)c2cccc(NC(=O)C(CC(=N)C(F)(F)F)=Nc3cccc(C#N)c3)c2)cc1. The van der Waals surface area contributed by atoms with E-state index in [1.807, 2.05) is 12.1 Å². The Morgan fingerprint density at radius 3 is 2.33 bits per heavy atom. The highest BCUT2D eigenvalue weighted by Crippen LogP contribution is 2.32. The monoisotopic (exact) mass is 573 g/mol. The predicted octanol–water partition coefficient (Wildman–Crippen LogP) is 7.63. The number of carbonyl (C=O) groups is 1. The van der Waals surface area contributed by atoms with Crippen molar-refractivity contribution in [1.82, 2.24) is 5.32 Å². The maximum Gasteiger partial charge on any atom is 0.429 e. The highest BCUT2D eigenvalue weighted by atomic mass is 19.4. The second-order valence-electron chi connectivity index (χ2n) is 11.6. The average molecular weight is 574 g/mol. The van der Waals surface area contributed by atoms with Crippen molar-refractivity contribution >= 4 is 28.7 Å². The van der Waals surface area contributed by atoms with Crippen LogP contribution >= 0.6 is 0 Å². The zero-order valence-electron chi connectivity index (χ0n) is 23.8. The second-order valence-corrected chi connectivity index (χ2v) is 11.6. The summed E-state index contributed by atoms with van der Waals surface area (Å²) in [5, 5.41) is 22.9. The number of hydrogen-bond acceptors (Lipinski definition) is 5. The molecule has 218 valence electrons. The van der Waals surface area contributed by atoms with Crippen molar-refractivity contribution in [2.24, 2.45) is 10.9 Å². The van der Waals surface area contributed by atoms with E-state index in [9.17, 15) is 18.0 Å². The van der Waals surface area contributed by atoms with Gasteiger partial charge < -0.3 is 16.0 Å². The molecule has 1 fully saturated rings. The van der Waals surface area contributed by atoms with E-state index in [0.29, 0.717) is 11.6 Å². The van der Waals surface area contributed by atoms with Gasteiger partial charge in [0.25, 0.3) is 5.91 Å². The molecule has 0 aliphatic heterocycles. The summed E-state index contributed by atoms with van der Waals surface area (Å²) in [5.74, 6) is -0.230. The molecule has 9 heteroatoms. The van der Waals surface area contributed by atoms with Gasteiger partial charge >= 0.3 is 6.18 Å². The van der Waals surface area contributed by atoms with Crippen molar-refractivity contribution in [1.29, 1.82) is 10.7 Å². The molecule has 1 aliphatic carbocycles. The third-order valence-electron chi connectivity index (χ3n) is 7.08. The Morgan fingerprint density at radius 2 is 1.71 bits per heavy atom. The number of halogens is 3. The van der Waals surface area contributed by atoms with Crippen LogP contribution in [0.4, 0.5) is 24.5 Å². The van der Waals surface area contributed by atoms with Gasteiger partial charge in [0.2, 0.25) is 0 Å². The van der Waals surface area contributed by atoms with Crippen LogP contribution < -0.4 is 10.6 Å². The fourth-order valence-electron chi connectivity index (χ4n) is 4.45. The van der Waals surface area contributed by atoms with Crippen LogP contribution in [-0.2, 0) is 10.2 Å². The third-order valence-corrected chi connectivity index (χ3v) is 7.08. The first-order valence-corrected chi connectivity index (χ1v) is 13.8. The number of benzene rings is 3. The van der Waals surface area contributed by atoms with E-state index in [0.717, 1.165) is 17.7 Å². The van der Waals surface area contributed by atoms with Crippen molar-refractivity contribution < 1.29 is 18.0 Å². The van der Waals surface area contributed by atoms with Crippen LogP contribution in [0.3, 0.4) is 0 Å². The summed E-state index contributed by atoms with van der Waals surface area (Å²) in [6.45, 7) is 7.32. The third kappa shape index (κ3) is 8.37. The normalized spacial score (nSPS) is 14.6. The van der Waals surface area contributed by atoms with Crippen LogP contribution in [0.1, 0.15) is 68.3 Å². The first kappa shape index (κ1) is 30.7. The minimum Gasteiger partial charge on any atom is -0.321 e. The van der Waals surface area contributed by atoms with E-state index < -0.39 is 29.9 Å². The van der Waals surface area contributed by atoms with Gasteiger partial charge in [-0.05, 0) is 77.7 Å². The van der Waals surface area contributed by atoms with E-state index >= 15 is 0 Å². The lowest BCUT2D eigenvalue weighted by Crippen LogP contribution is -2.31. The van der Waals surface area contributed by atoms with Crippen LogP contribution in [0.15, 0.2) is 77.8 Å². The molecule has 0 saturated heterocycles. The van der Waals surface area contributed by atoms with Gasteiger partial charge in [0.15, 0.2) is 0 Å². The quantitative estimate of drug-likeness (QED) is 0.217. The Kier molecular flexibility index (Phi) is 9.27. The topological polar surface area (TPSA) is 101 Å². The van der Waals surface area contributed by atoms with Gasteiger partial charge in [-0.15, -0.1) is 0 Å². The molecule has 0 radical (unpaired) electrons. The van der Waals surface area contributed by atoms with Gasteiger partial charge in [0, 0.05) is 12.1 Å². The first-order valence-electron chi connectivity index (χ1n) is 13.8. The van der Waals surface area contributed by atoms with E-state index in [1.54, 1.807) is 18.2 Å². The summed E-state index contributed by atoms with van der Waals surface area (Å²) < 4.78 is 39.7. The van der Waals surface area contributed by atoms with E-state index in [4.69, 9.17) is 10.7 Å². The molecule has 1 unspecified atom stereocenters.